The van der Waals surface area contributed by atoms with Crippen LogP contribution in [-0.2, 0) is 0 Å². The predicted molar refractivity (Wildman–Crippen MR) is 102 cm³/mol. The Bertz CT molecular complexity index is 888. The molecule has 0 aliphatic rings. The summed E-state index contributed by atoms with van der Waals surface area (Å²) in [6, 6.07) is 13.4. The summed E-state index contributed by atoms with van der Waals surface area (Å²) < 4.78 is 6.61. The lowest BCUT2D eigenvalue weighted by Gasteiger charge is -2.10. The third-order valence-electron chi connectivity index (χ3n) is 3.66. The van der Waals surface area contributed by atoms with Crippen LogP contribution in [0.15, 0.2) is 42.5 Å². The van der Waals surface area contributed by atoms with E-state index in [0.717, 1.165) is 33.5 Å². The number of hydrogen-bond donors (Lipinski definition) is 1. The van der Waals surface area contributed by atoms with Crippen LogP contribution in [0.25, 0.3) is 10.1 Å². The Balaban J connectivity index is 1.82. The van der Waals surface area contributed by atoms with Crippen LogP contribution in [-0.4, -0.2) is 12.5 Å². The minimum Gasteiger partial charge on any atom is -0.494 e. The predicted octanol–water partition coefficient (Wildman–Crippen LogP) is 5.90. The van der Waals surface area contributed by atoms with E-state index in [-0.39, 0.29) is 5.91 Å². The van der Waals surface area contributed by atoms with Crippen LogP contribution < -0.4 is 10.1 Å². The minimum atomic E-state index is -0.188. The second kappa shape index (κ2) is 7.24. The number of benzene rings is 2. The molecule has 3 rings (SSSR count). The molecular weight excluding hydrogens is 342 g/mol. The number of carbonyl (C=O) groups is 1. The van der Waals surface area contributed by atoms with E-state index in [9.17, 15) is 4.79 Å². The Morgan fingerprint density at radius 1 is 1.25 bits per heavy atom. The molecule has 0 aliphatic heterocycles. The second-order valence-corrected chi connectivity index (χ2v) is 6.95. The van der Waals surface area contributed by atoms with E-state index in [2.05, 4.69) is 12.2 Å². The van der Waals surface area contributed by atoms with Crippen molar-refractivity contribution in [3.63, 3.8) is 0 Å². The molecule has 0 radical (unpaired) electrons. The van der Waals surface area contributed by atoms with E-state index in [1.807, 2.05) is 49.4 Å². The summed E-state index contributed by atoms with van der Waals surface area (Å²) in [6.45, 7) is 4.69. The van der Waals surface area contributed by atoms with Crippen molar-refractivity contribution in [2.45, 2.75) is 20.3 Å². The molecule has 0 saturated carbocycles. The van der Waals surface area contributed by atoms with Gasteiger partial charge in [0.2, 0.25) is 0 Å². The molecular formula is C19H18ClNO2S. The number of hydrogen-bond acceptors (Lipinski definition) is 3. The number of carbonyl (C=O) groups excluding carboxylic acids is 1. The number of nitrogens with one attached hydrogen (secondary N) is 1. The summed E-state index contributed by atoms with van der Waals surface area (Å²) in [5, 5.41) is 4.36. The van der Waals surface area contributed by atoms with Gasteiger partial charge in [0, 0.05) is 15.8 Å². The molecule has 0 spiro atoms. The SMILES string of the molecule is CCCOc1ccc(NC(=O)c2sc3ccccc3c2Cl)c(C)c1. The van der Waals surface area contributed by atoms with E-state index >= 15 is 0 Å². The third kappa shape index (κ3) is 3.40. The van der Waals surface area contributed by atoms with Gasteiger partial charge in [-0.25, -0.2) is 0 Å². The fraction of sp³-hybridized carbons (Fsp3) is 0.211. The zero-order chi connectivity index (χ0) is 17.1. The highest BCUT2D eigenvalue weighted by molar-refractivity contribution is 7.21. The van der Waals surface area contributed by atoms with Crippen molar-refractivity contribution >= 4 is 44.6 Å². The van der Waals surface area contributed by atoms with Crippen molar-refractivity contribution in [3.8, 4) is 5.75 Å². The largest absolute Gasteiger partial charge is 0.494 e. The molecule has 1 heterocycles. The number of halogens is 1. The van der Waals surface area contributed by atoms with Crippen molar-refractivity contribution in [2.75, 3.05) is 11.9 Å². The molecule has 24 heavy (non-hydrogen) atoms. The minimum absolute atomic E-state index is 0.188. The highest BCUT2D eigenvalue weighted by Crippen LogP contribution is 2.35. The van der Waals surface area contributed by atoms with Gasteiger partial charge in [-0.2, -0.15) is 0 Å². The zero-order valence-electron chi connectivity index (χ0n) is 13.6. The van der Waals surface area contributed by atoms with Crippen molar-refractivity contribution < 1.29 is 9.53 Å². The zero-order valence-corrected chi connectivity index (χ0v) is 15.1. The summed E-state index contributed by atoms with van der Waals surface area (Å²) in [6.07, 6.45) is 0.960. The number of thiophene rings is 1. The van der Waals surface area contributed by atoms with Gasteiger partial charge in [-0.1, -0.05) is 36.7 Å². The first-order valence-corrected chi connectivity index (χ1v) is 9.01. The van der Waals surface area contributed by atoms with Crippen LogP contribution in [0.3, 0.4) is 0 Å². The van der Waals surface area contributed by atoms with Crippen LogP contribution in [0.1, 0.15) is 28.6 Å². The maximum Gasteiger partial charge on any atom is 0.267 e. The quantitative estimate of drug-likeness (QED) is 0.615. The molecule has 3 nitrogen and oxygen atoms in total. The Kier molecular flexibility index (Phi) is 5.07. The highest BCUT2D eigenvalue weighted by atomic mass is 35.5. The van der Waals surface area contributed by atoms with Crippen molar-refractivity contribution in [1.82, 2.24) is 0 Å². The molecule has 124 valence electrons. The fourth-order valence-electron chi connectivity index (χ4n) is 2.43. The van der Waals surface area contributed by atoms with E-state index in [1.54, 1.807) is 0 Å². The average Bonchev–Trinajstić information content (AvgIpc) is 2.92. The number of fused-ring (bicyclic) bond motifs is 1. The van der Waals surface area contributed by atoms with Crippen LogP contribution >= 0.6 is 22.9 Å². The third-order valence-corrected chi connectivity index (χ3v) is 5.33. The first-order valence-electron chi connectivity index (χ1n) is 7.82. The van der Waals surface area contributed by atoms with Crippen molar-refractivity contribution in [3.05, 3.63) is 57.9 Å². The number of anilines is 1. The molecule has 3 aromatic rings. The molecule has 0 bridgehead atoms. The standard InChI is InChI=1S/C19H18ClNO2S/c1-3-10-23-13-8-9-15(12(2)11-13)21-19(22)18-17(20)14-6-4-5-7-16(14)24-18/h4-9,11H,3,10H2,1-2H3,(H,21,22). The van der Waals surface area contributed by atoms with E-state index in [0.29, 0.717) is 16.5 Å². The maximum absolute atomic E-state index is 12.6. The van der Waals surface area contributed by atoms with Gasteiger partial charge in [0.05, 0.1) is 11.6 Å². The number of rotatable bonds is 5. The number of amides is 1. The van der Waals surface area contributed by atoms with Crippen molar-refractivity contribution in [1.29, 1.82) is 0 Å². The highest BCUT2D eigenvalue weighted by Gasteiger charge is 2.17. The smallest absolute Gasteiger partial charge is 0.267 e. The van der Waals surface area contributed by atoms with Crippen LogP contribution in [0.2, 0.25) is 5.02 Å². The van der Waals surface area contributed by atoms with Gasteiger partial charge in [0.15, 0.2) is 0 Å². The lowest BCUT2D eigenvalue weighted by Crippen LogP contribution is -2.11. The summed E-state index contributed by atoms with van der Waals surface area (Å²) in [5.41, 5.74) is 1.71. The monoisotopic (exact) mass is 359 g/mol. The van der Waals surface area contributed by atoms with Crippen molar-refractivity contribution in [2.24, 2.45) is 0 Å². The van der Waals surface area contributed by atoms with Gasteiger partial charge in [-0.3, -0.25) is 4.79 Å². The van der Waals surface area contributed by atoms with Crippen LogP contribution in [0.5, 0.6) is 5.75 Å². The summed E-state index contributed by atoms with van der Waals surface area (Å²) >= 11 is 7.77. The topological polar surface area (TPSA) is 38.3 Å². The first kappa shape index (κ1) is 16.8. The molecule has 1 amide bonds. The Morgan fingerprint density at radius 3 is 2.75 bits per heavy atom. The molecule has 5 heteroatoms. The van der Waals surface area contributed by atoms with E-state index in [4.69, 9.17) is 16.3 Å². The van der Waals surface area contributed by atoms with E-state index in [1.165, 1.54) is 11.3 Å². The number of aryl methyl sites for hydroxylation is 1. The van der Waals surface area contributed by atoms with Gasteiger partial charge in [0.25, 0.3) is 5.91 Å². The lowest BCUT2D eigenvalue weighted by atomic mass is 10.2. The Hall–Kier alpha value is -2.04. The Morgan fingerprint density at radius 2 is 2.04 bits per heavy atom. The molecule has 0 atom stereocenters. The normalized spacial score (nSPS) is 10.8. The van der Waals surface area contributed by atoms with Gasteiger partial charge in [-0.05, 0) is 43.2 Å². The molecule has 0 saturated heterocycles. The fourth-order valence-corrected chi connectivity index (χ4v) is 3.84. The van der Waals surface area contributed by atoms with Gasteiger partial charge < -0.3 is 10.1 Å². The molecule has 0 aliphatic carbocycles. The molecule has 1 aromatic heterocycles. The summed E-state index contributed by atoms with van der Waals surface area (Å²) in [7, 11) is 0. The molecule has 0 unspecified atom stereocenters. The number of ether oxygens (including phenoxy) is 1. The van der Waals surface area contributed by atoms with Gasteiger partial charge in [0.1, 0.15) is 10.6 Å². The average molecular weight is 360 g/mol. The van der Waals surface area contributed by atoms with Gasteiger partial charge >= 0.3 is 0 Å². The van der Waals surface area contributed by atoms with E-state index < -0.39 is 0 Å². The lowest BCUT2D eigenvalue weighted by molar-refractivity contribution is 0.103. The molecule has 1 N–H and O–H groups in total. The second-order valence-electron chi connectivity index (χ2n) is 5.52. The molecule has 2 aromatic carbocycles. The van der Waals surface area contributed by atoms with Crippen LogP contribution in [0, 0.1) is 6.92 Å². The Labute approximate surface area is 150 Å². The first-order chi connectivity index (χ1) is 11.6. The van der Waals surface area contributed by atoms with Gasteiger partial charge in [-0.15, -0.1) is 11.3 Å². The maximum atomic E-state index is 12.6. The molecule has 0 fully saturated rings. The van der Waals surface area contributed by atoms with Crippen LogP contribution in [0.4, 0.5) is 5.69 Å². The summed E-state index contributed by atoms with van der Waals surface area (Å²) in [5.74, 6) is 0.624. The summed E-state index contributed by atoms with van der Waals surface area (Å²) in [4.78, 5) is 13.1.